The molecule has 0 bridgehead atoms. The minimum Gasteiger partial charge on any atom is -0.465 e. The highest BCUT2D eigenvalue weighted by atomic mass is 28.4. The van der Waals surface area contributed by atoms with Crippen molar-refractivity contribution < 1.29 is 18.8 Å². The summed E-state index contributed by atoms with van der Waals surface area (Å²) in [6.45, 7) is 14.4. The molecule has 0 aliphatic heterocycles. The molecule has 0 aromatic heterocycles. The van der Waals surface area contributed by atoms with Crippen molar-refractivity contribution in [1.29, 1.82) is 0 Å². The third-order valence-corrected chi connectivity index (χ3v) is 8.81. The molecule has 0 saturated heterocycles. The molecule has 0 amide bonds. The number of rotatable bonds is 6. The normalized spacial score (nSPS) is 11.9. The molecule has 0 N–H and O–H groups in total. The molecule has 0 aliphatic carbocycles. The van der Waals surface area contributed by atoms with E-state index in [0.717, 1.165) is 0 Å². The quantitative estimate of drug-likeness (QED) is 0.340. The van der Waals surface area contributed by atoms with E-state index in [9.17, 15) is 9.59 Å². The molecule has 0 spiro atoms. The van der Waals surface area contributed by atoms with Crippen molar-refractivity contribution >= 4 is 25.6 Å². The summed E-state index contributed by atoms with van der Waals surface area (Å²) in [5, 5.41) is 0.0499. The highest BCUT2D eigenvalue weighted by molar-refractivity contribution is 6.74. The maximum absolute atomic E-state index is 12.4. The summed E-state index contributed by atoms with van der Waals surface area (Å²) in [6, 6.07) is 6.82. The fourth-order valence-electron chi connectivity index (χ4n) is 1.67. The maximum atomic E-state index is 12.4. The minimum absolute atomic E-state index is 0.0463. The second kappa shape index (κ2) is 7.23. The molecule has 0 unspecified atom stereocenters. The summed E-state index contributed by atoms with van der Waals surface area (Å²) in [7, 11) is -0.671. The van der Waals surface area contributed by atoms with E-state index in [4.69, 9.17) is 4.43 Å². The van der Waals surface area contributed by atoms with Crippen molar-refractivity contribution in [2.24, 2.45) is 0 Å². The Balaban J connectivity index is 2.86. The molecule has 0 aliphatic rings. The first-order valence-corrected chi connectivity index (χ1v) is 10.5. The molecule has 0 heterocycles. The summed E-state index contributed by atoms with van der Waals surface area (Å²) < 4.78 is 10.6. The third kappa shape index (κ3) is 4.87. The van der Waals surface area contributed by atoms with Crippen LogP contribution in [0.2, 0.25) is 18.1 Å². The van der Waals surface area contributed by atoms with Gasteiger partial charge in [0.05, 0.1) is 19.3 Å². The first-order valence-electron chi connectivity index (χ1n) is 7.54. The van der Waals surface area contributed by atoms with Gasteiger partial charge in [-0.3, -0.25) is 4.79 Å². The van der Waals surface area contributed by atoms with E-state index in [1.165, 1.54) is 7.11 Å². The molecule has 126 valence electrons. The number of Topliss-reactive ketones (excluding diaryl/α,β-unsaturated/α-hetero) is 1. The highest BCUT2D eigenvalue weighted by Gasteiger charge is 2.37. The Kier molecular flexibility index (Phi) is 6.08. The Morgan fingerprint density at radius 3 is 2.26 bits per heavy atom. The van der Waals surface area contributed by atoms with Gasteiger partial charge in [0.15, 0.2) is 14.1 Å². The lowest BCUT2D eigenvalue weighted by Gasteiger charge is -2.35. The van der Waals surface area contributed by atoms with Crippen molar-refractivity contribution in [2.45, 2.75) is 38.9 Å². The van der Waals surface area contributed by atoms with Crippen LogP contribution in [0.1, 0.15) is 36.7 Å². The number of hydrogen-bond acceptors (Lipinski definition) is 4. The topological polar surface area (TPSA) is 52.6 Å². The van der Waals surface area contributed by atoms with E-state index in [1.54, 1.807) is 24.3 Å². The van der Waals surface area contributed by atoms with Crippen molar-refractivity contribution in [2.75, 3.05) is 13.7 Å². The summed E-state index contributed by atoms with van der Waals surface area (Å²) >= 11 is 0. The maximum Gasteiger partial charge on any atom is 0.337 e. The number of esters is 1. The Morgan fingerprint density at radius 1 is 1.17 bits per heavy atom. The lowest BCUT2D eigenvalue weighted by molar-refractivity contribution is -0.133. The largest absolute Gasteiger partial charge is 0.465 e. The molecule has 0 atom stereocenters. The number of methoxy groups -OCH3 is 1. The van der Waals surface area contributed by atoms with Crippen LogP contribution in [0.25, 0.3) is 5.57 Å². The van der Waals surface area contributed by atoms with E-state index in [1.807, 2.05) is 0 Å². The van der Waals surface area contributed by atoms with Crippen LogP contribution in [-0.4, -0.2) is 33.8 Å². The van der Waals surface area contributed by atoms with Crippen LogP contribution in [0.15, 0.2) is 30.8 Å². The van der Waals surface area contributed by atoms with Gasteiger partial charge in [-0.25, -0.2) is 4.79 Å². The molecule has 1 rings (SSSR count). The van der Waals surface area contributed by atoms with Crippen molar-refractivity contribution in [3.63, 3.8) is 0 Å². The number of carbonyl (C=O) groups is 2. The second-order valence-corrected chi connectivity index (χ2v) is 11.8. The molecule has 23 heavy (non-hydrogen) atoms. The predicted octanol–water partition coefficient (Wildman–Crippen LogP) is 4.08. The van der Waals surface area contributed by atoms with E-state index in [-0.39, 0.29) is 23.0 Å². The summed E-state index contributed by atoms with van der Waals surface area (Å²) in [5.41, 5.74) is 1.31. The first kappa shape index (κ1) is 19.3. The van der Waals surface area contributed by atoms with E-state index in [2.05, 4.69) is 45.2 Å². The van der Waals surface area contributed by atoms with Crippen LogP contribution in [0, 0.1) is 0 Å². The molecule has 0 radical (unpaired) electrons. The molecule has 1 aromatic rings. The monoisotopic (exact) mass is 334 g/mol. The fraction of sp³-hybridized carbons (Fsp3) is 0.444. The number of ketones is 1. The van der Waals surface area contributed by atoms with Gasteiger partial charge < -0.3 is 9.16 Å². The Morgan fingerprint density at radius 2 is 1.74 bits per heavy atom. The van der Waals surface area contributed by atoms with Gasteiger partial charge in [-0.15, -0.1) is 0 Å². The molecule has 1 aromatic carbocycles. The second-order valence-electron chi connectivity index (χ2n) is 7.02. The van der Waals surface area contributed by atoms with Gasteiger partial charge in [0, 0.05) is 5.56 Å². The molecular formula is C18H26O4Si. The summed E-state index contributed by atoms with van der Waals surface area (Å²) in [4.78, 5) is 23.9. The number of carbonyl (C=O) groups excluding carboxylic acids is 2. The molecule has 5 heteroatoms. The number of benzene rings is 1. The van der Waals surface area contributed by atoms with Gasteiger partial charge in [-0.1, -0.05) is 45.5 Å². The third-order valence-electron chi connectivity index (χ3n) is 4.34. The first-order chi connectivity index (χ1) is 10.5. The van der Waals surface area contributed by atoms with Crippen molar-refractivity contribution in [1.82, 2.24) is 0 Å². The summed E-state index contributed by atoms with van der Waals surface area (Å²) in [6.07, 6.45) is 0. The zero-order chi connectivity index (χ0) is 17.8. The van der Waals surface area contributed by atoms with Gasteiger partial charge in [-0.05, 0) is 29.8 Å². The van der Waals surface area contributed by atoms with E-state index < -0.39 is 14.3 Å². The zero-order valence-corrected chi connectivity index (χ0v) is 15.9. The summed E-state index contributed by atoms with van der Waals surface area (Å²) in [5.74, 6) is -0.610. The van der Waals surface area contributed by atoms with Gasteiger partial charge in [-0.2, -0.15) is 0 Å². The van der Waals surface area contributed by atoms with Crippen molar-refractivity contribution in [3.8, 4) is 0 Å². The van der Waals surface area contributed by atoms with Crippen LogP contribution < -0.4 is 0 Å². The number of ether oxygens (including phenoxy) is 1. The molecule has 0 fully saturated rings. The molecule has 0 saturated carbocycles. The Hall–Kier alpha value is -1.72. The average molecular weight is 334 g/mol. The molecular weight excluding hydrogens is 308 g/mol. The standard InChI is InChI=1S/C18H26O4Si/c1-13(17(20)21-5)14-9-8-10-15(11-14)16(19)12-22-23(6,7)18(2,3)4/h8-11H,1,12H2,2-7H3. The van der Waals surface area contributed by atoms with Crippen LogP contribution in [0.3, 0.4) is 0 Å². The van der Waals surface area contributed by atoms with Gasteiger partial charge in [0.25, 0.3) is 0 Å². The smallest absolute Gasteiger partial charge is 0.337 e. The van der Waals surface area contributed by atoms with Crippen LogP contribution in [-0.2, 0) is 14.0 Å². The van der Waals surface area contributed by atoms with E-state index >= 15 is 0 Å². The van der Waals surface area contributed by atoms with Crippen molar-refractivity contribution in [3.05, 3.63) is 42.0 Å². The van der Waals surface area contributed by atoms with Gasteiger partial charge in [0.2, 0.25) is 0 Å². The lowest BCUT2D eigenvalue weighted by atomic mass is 10.0. The van der Waals surface area contributed by atoms with E-state index in [0.29, 0.717) is 11.1 Å². The predicted molar refractivity (Wildman–Crippen MR) is 95.0 cm³/mol. The highest BCUT2D eigenvalue weighted by Crippen LogP contribution is 2.36. The number of hydrogen-bond donors (Lipinski definition) is 0. The van der Waals surface area contributed by atoms with Crippen LogP contribution in [0.5, 0.6) is 0 Å². The minimum atomic E-state index is -1.97. The SMILES string of the molecule is C=C(C(=O)OC)c1cccc(C(=O)CO[Si](C)(C)C(C)(C)C)c1. The fourth-order valence-corrected chi connectivity index (χ4v) is 2.59. The Labute approximate surface area is 139 Å². The molecule has 4 nitrogen and oxygen atoms in total. The van der Waals surface area contributed by atoms with Crippen LogP contribution >= 0.6 is 0 Å². The van der Waals surface area contributed by atoms with Crippen LogP contribution in [0.4, 0.5) is 0 Å². The van der Waals surface area contributed by atoms with Gasteiger partial charge >= 0.3 is 5.97 Å². The Bertz CT molecular complexity index is 612. The zero-order valence-electron chi connectivity index (χ0n) is 14.9. The lowest BCUT2D eigenvalue weighted by Crippen LogP contribution is -2.42. The van der Waals surface area contributed by atoms with Gasteiger partial charge in [0.1, 0.15) is 0 Å². The average Bonchev–Trinajstić information content (AvgIpc) is 2.50.